The second-order valence-corrected chi connectivity index (χ2v) is 3.71. The molecule has 4 nitrogen and oxygen atoms in total. The highest BCUT2D eigenvalue weighted by molar-refractivity contribution is 6.30. The smallest absolute Gasteiger partial charge is 0.250 e. The highest BCUT2D eigenvalue weighted by atomic mass is 35.5. The van der Waals surface area contributed by atoms with E-state index in [2.05, 4.69) is 17.1 Å². The molecule has 0 unspecified atom stereocenters. The molecule has 0 atom stereocenters. The lowest BCUT2D eigenvalue weighted by atomic mass is 10.1. The fourth-order valence-corrected chi connectivity index (χ4v) is 1.39. The maximum atomic E-state index is 11.0. The Balaban J connectivity index is 2.20. The van der Waals surface area contributed by atoms with Gasteiger partial charge in [-0.05, 0) is 18.2 Å². The van der Waals surface area contributed by atoms with Gasteiger partial charge in [-0.3, -0.25) is 10.1 Å². The van der Waals surface area contributed by atoms with E-state index in [1.807, 2.05) is 12.1 Å². The molecule has 1 N–H and O–H groups in total. The van der Waals surface area contributed by atoms with Crippen molar-refractivity contribution in [3.05, 3.63) is 48.0 Å². The standard InChI is InChI=1S/C12H9ClN2O2/c1-2-11(16)14-12-7-10(15-17-12)8-3-5-9(13)6-4-8/h2-7H,1H2,(H,14,16). The van der Waals surface area contributed by atoms with Crippen molar-refractivity contribution >= 4 is 23.4 Å². The number of carbonyl (C=O) groups excluding carboxylic acids is 1. The van der Waals surface area contributed by atoms with Gasteiger partial charge in [0, 0.05) is 16.7 Å². The number of benzene rings is 1. The third-order valence-electron chi connectivity index (χ3n) is 2.08. The minimum atomic E-state index is -0.344. The zero-order valence-corrected chi connectivity index (χ0v) is 9.57. The third-order valence-corrected chi connectivity index (χ3v) is 2.33. The van der Waals surface area contributed by atoms with Crippen LogP contribution in [0.3, 0.4) is 0 Å². The van der Waals surface area contributed by atoms with Crippen molar-refractivity contribution in [2.75, 3.05) is 5.32 Å². The summed E-state index contributed by atoms with van der Waals surface area (Å²) in [5, 5.41) is 6.97. The maximum Gasteiger partial charge on any atom is 0.250 e. The van der Waals surface area contributed by atoms with Gasteiger partial charge in [-0.2, -0.15) is 0 Å². The van der Waals surface area contributed by atoms with E-state index in [1.54, 1.807) is 18.2 Å². The van der Waals surface area contributed by atoms with E-state index in [1.165, 1.54) is 0 Å². The van der Waals surface area contributed by atoms with Gasteiger partial charge < -0.3 is 4.52 Å². The summed E-state index contributed by atoms with van der Waals surface area (Å²) in [5.41, 5.74) is 1.48. The van der Waals surface area contributed by atoms with Crippen LogP contribution in [0.15, 0.2) is 47.5 Å². The molecule has 1 aromatic carbocycles. The van der Waals surface area contributed by atoms with Crippen LogP contribution in [0.1, 0.15) is 0 Å². The van der Waals surface area contributed by atoms with Crippen LogP contribution in [-0.4, -0.2) is 11.1 Å². The highest BCUT2D eigenvalue weighted by Crippen LogP contribution is 2.23. The van der Waals surface area contributed by atoms with Crippen LogP contribution in [0.2, 0.25) is 5.02 Å². The minimum absolute atomic E-state index is 0.278. The Hall–Kier alpha value is -2.07. The fourth-order valence-electron chi connectivity index (χ4n) is 1.26. The van der Waals surface area contributed by atoms with Gasteiger partial charge in [-0.25, -0.2) is 0 Å². The first kappa shape index (κ1) is 11.4. The number of amides is 1. The molecule has 2 rings (SSSR count). The van der Waals surface area contributed by atoms with Gasteiger partial charge in [-0.1, -0.05) is 35.5 Å². The first-order chi connectivity index (χ1) is 8.19. The summed E-state index contributed by atoms with van der Waals surface area (Å²) >= 11 is 5.78. The van der Waals surface area contributed by atoms with Gasteiger partial charge in [0.2, 0.25) is 11.8 Å². The number of nitrogens with one attached hydrogen (secondary N) is 1. The summed E-state index contributed by atoms with van der Waals surface area (Å²) in [7, 11) is 0. The van der Waals surface area contributed by atoms with Crippen molar-refractivity contribution in [2.45, 2.75) is 0 Å². The molecule has 2 aromatic rings. The third kappa shape index (κ3) is 2.73. The van der Waals surface area contributed by atoms with Crippen LogP contribution in [-0.2, 0) is 4.79 Å². The topological polar surface area (TPSA) is 55.1 Å². The number of carbonyl (C=O) groups is 1. The number of hydrogen-bond donors (Lipinski definition) is 1. The SMILES string of the molecule is C=CC(=O)Nc1cc(-c2ccc(Cl)cc2)no1. The summed E-state index contributed by atoms with van der Waals surface area (Å²) in [5.74, 6) is -0.0661. The van der Waals surface area contributed by atoms with Gasteiger partial charge >= 0.3 is 0 Å². The molecule has 0 fully saturated rings. The number of hydrogen-bond acceptors (Lipinski definition) is 3. The number of nitrogens with zero attached hydrogens (tertiary/aromatic N) is 1. The summed E-state index contributed by atoms with van der Waals surface area (Å²) in [6, 6.07) is 8.78. The number of halogens is 1. The molecule has 0 aliphatic carbocycles. The Bertz CT molecular complexity index is 546. The van der Waals surface area contributed by atoms with Crippen LogP contribution in [0, 0.1) is 0 Å². The largest absolute Gasteiger partial charge is 0.338 e. The molecule has 5 heteroatoms. The maximum absolute atomic E-state index is 11.0. The zero-order valence-electron chi connectivity index (χ0n) is 8.81. The van der Waals surface area contributed by atoms with Crippen molar-refractivity contribution in [1.82, 2.24) is 5.16 Å². The van der Waals surface area contributed by atoms with Gasteiger partial charge in [0.15, 0.2) is 0 Å². The molecule has 0 aliphatic heterocycles. The van der Waals surface area contributed by atoms with Crippen molar-refractivity contribution < 1.29 is 9.32 Å². The van der Waals surface area contributed by atoms with Crippen molar-refractivity contribution in [1.29, 1.82) is 0 Å². The predicted octanol–water partition coefficient (Wildman–Crippen LogP) is 3.12. The zero-order chi connectivity index (χ0) is 12.3. The second-order valence-electron chi connectivity index (χ2n) is 3.28. The number of aromatic nitrogens is 1. The van der Waals surface area contributed by atoms with E-state index in [0.29, 0.717) is 10.7 Å². The normalized spacial score (nSPS) is 9.94. The quantitative estimate of drug-likeness (QED) is 0.849. The van der Waals surface area contributed by atoms with Crippen molar-refractivity contribution in [2.24, 2.45) is 0 Å². The molecule has 86 valence electrons. The Labute approximate surface area is 103 Å². The number of anilines is 1. The van der Waals surface area contributed by atoms with Gasteiger partial charge in [0.1, 0.15) is 5.69 Å². The second kappa shape index (κ2) is 4.84. The lowest BCUT2D eigenvalue weighted by Crippen LogP contribution is -2.05. The first-order valence-corrected chi connectivity index (χ1v) is 5.23. The van der Waals surface area contributed by atoms with Gasteiger partial charge in [-0.15, -0.1) is 0 Å². The van der Waals surface area contributed by atoms with Crippen LogP contribution < -0.4 is 5.32 Å². The summed E-state index contributed by atoms with van der Waals surface area (Å²) in [6.45, 7) is 3.34. The van der Waals surface area contributed by atoms with Gasteiger partial charge in [0.05, 0.1) is 0 Å². The number of rotatable bonds is 3. The predicted molar refractivity (Wildman–Crippen MR) is 65.8 cm³/mol. The van der Waals surface area contributed by atoms with E-state index in [4.69, 9.17) is 16.1 Å². The summed E-state index contributed by atoms with van der Waals surface area (Å²) in [6.07, 6.45) is 1.16. The lowest BCUT2D eigenvalue weighted by molar-refractivity contribution is -0.112. The van der Waals surface area contributed by atoms with Crippen LogP contribution in [0.25, 0.3) is 11.3 Å². The highest BCUT2D eigenvalue weighted by Gasteiger charge is 2.07. The molecule has 0 radical (unpaired) electrons. The van der Waals surface area contributed by atoms with Crippen LogP contribution in [0.5, 0.6) is 0 Å². The molecule has 0 saturated carbocycles. The average Bonchev–Trinajstić information content (AvgIpc) is 2.78. The van der Waals surface area contributed by atoms with Crippen LogP contribution in [0.4, 0.5) is 5.88 Å². The molecule has 0 spiro atoms. The van der Waals surface area contributed by atoms with E-state index < -0.39 is 0 Å². The van der Waals surface area contributed by atoms with Crippen molar-refractivity contribution in [3.8, 4) is 11.3 Å². The van der Waals surface area contributed by atoms with E-state index in [0.717, 1.165) is 11.6 Å². The molecular formula is C12H9ClN2O2. The van der Waals surface area contributed by atoms with E-state index in [9.17, 15) is 4.79 Å². The van der Waals surface area contributed by atoms with Crippen molar-refractivity contribution in [3.63, 3.8) is 0 Å². The molecule has 0 aliphatic rings. The van der Waals surface area contributed by atoms with Crippen LogP contribution >= 0.6 is 11.6 Å². The average molecular weight is 249 g/mol. The molecule has 1 heterocycles. The molecule has 1 amide bonds. The molecule has 0 bridgehead atoms. The fraction of sp³-hybridized carbons (Fsp3) is 0. The minimum Gasteiger partial charge on any atom is -0.338 e. The Morgan fingerprint density at radius 2 is 2.12 bits per heavy atom. The first-order valence-electron chi connectivity index (χ1n) is 4.85. The lowest BCUT2D eigenvalue weighted by Gasteiger charge is -1.94. The molecule has 0 saturated heterocycles. The Morgan fingerprint density at radius 3 is 2.76 bits per heavy atom. The van der Waals surface area contributed by atoms with E-state index in [-0.39, 0.29) is 11.8 Å². The summed E-state index contributed by atoms with van der Waals surface area (Å²) < 4.78 is 4.96. The molecule has 17 heavy (non-hydrogen) atoms. The Kier molecular flexibility index (Phi) is 3.25. The monoisotopic (exact) mass is 248 g/mol. The molecular weight excluding hydrogens is 240 g/mol. The molecule has 1 aromatic heterocycles. The van der Waals surface area contributed by atoms with E-state index >= 15 is 0 Å². The van der Waals surface area contributed by atoms with Gasteiger partial charge in [0.25, 0.3) is 0 Å². The Morgan fingerprint density at radius 1 is 1.41 bits per heavy atom. The summed E-state index contributed by atoms with van der Waals surface area (Å²) in [4.78, 5) is 11.0.